The number of nitrogens with zero attached hydrogens (tertiary/aromatic N) is 3. The minimum Gasteiger partial charge on any atom is -0.198 e. The zero-order chi connectivity index (χ0) is 8.81. The van der Waals surface area contributed by atoms with Gasteiger partial charge in [-0.25, -0.2) is 0 Å². The van der Waals surface area contributed by atoms with E-state index in [1.165, 1.54) is 0 Å². The second-order valence-corrected chi connectivity index (χ2v) is 2.43. The number of allylic oxidation sites excluding steroid dienone is 1. The minimum absolute atomic E-state index is 0.368. The lowest BCUT2D eigenvalue weighted by Crippen LogP contribution is -1.84. The van der Waals surface area contributed by atoms with E-state index in [1.54, 1.807) is 24.3 Å². The van der Waals surface area contributed by atoms with E-state index in [9.17, 15) is 0 Å². The van der Waals surface area contributed by atoms with Crippen LogP contribution in [-0.2, 0) is 0 Å². The van der Waals surface area contributed by atoms with Crippen LogP contribution < -0.4 is 0 Å². The van der Waals surface area contributed by atoms with Crippen LogP contribution in [0.2, 0.25) is 5.15 Å². The van der Waals surface area contributed by atoms with Gasteiger partial charge in [-0.15, -0.1) is 10.2 Å². The number of nitriles is 1. The molecule has 0 bridgehead atoms. The van der Waals surface area contributed by atoms with Crippen LogP contribution >= 0.6 is 11.6 Å². The zero-order valence-corrected chi connectivity index (χ0v) is 6.99. The van der Waals surface area contributed by atoms with Crippen LogP contribution in [0.1, 0.15) is 12.1 Å². The molecular formula is C8H6ClN3. The SMILES string of the molecule is N#CCC=Cc1ccc(Cl)nn1. The maximum absolute atomic E-state index is 8.23. The van der Waals surface area contributed by atoms with E-state index in [2.05, 4.69) is 10.2 Å². The highest BCUT2D eigenvalue weighted by atomic mass is 35.5. The quantitative estimate of drug-likeness (QED) is 0.698. The molecule has 1 rings (SSSR count). The van der Waals surface area contributed by atoms with Gasteiger partial charge in [-0.3, -0.25) is 0 Å². The van der Waals surface area contributed by atoms with Crippen molar-refractivity contribution in [1.82, 2.24) is 10.2 Å². The summed E-state index contributed by atoms with van der Waals surface area (Å²) in [5.74, 6) is 0. The molecule has 1 aromatic rings. The molecule has 3 nitrogen and oxygen atoms in total. The van der Waals surface area contributed by atoms with Gasteiger partial charge in [-0.1, -0.05) is 17.7 Å². The Morgan fingerprint density at radius 3 is 2.92 bits per heavy atom. The summed E-state index contributed by atoms with van der Waals surface area (Å²) in [4.78, 5) is 0. The van der Waals surface area contributed by atoms with E-state index in [0.29, 0.717) is 17.3 Å². The molecule has 0 amide bonds. The van der Waals surface area contributed by atoms with E-state index in [4.69, 9.17) is 16.9 Å². The standard InChI is InChI=1S/C8H6ClN3/c9-8-5-4-7(11-12-8)3-1-2-6-10/h1,3-5H,2H2. The van der Waals surface area contributed by atoms with Gasteiger partial charge in [0.25, 0.3) is 0 Å². The molecule has 0 aliphatic rings. The molecule has 0 saturated carbocycles. The van der Waals surface area contributed by atoms with Crippen LogP contribution in [0, 0.1) is 11.3 Å². The van der Waals surface area contributed by atoms with Crippen molar-refractivity contribution in [2.75, 3.05) is 0 Å². The first-order valence-corrected chi connectivity index (χ1v) is 3.73. The molecule has 0 unspecified atom stereocenters. The van der Waals surface area contributed by atoms with Gasteiger partial charge in [0.15, 0.2) is 5.15 Å². The average molecular weight is 180 g/mol. The Morgan fingerprint density at radius 1 is 1.50 bits per heavy atom. The highest BCUT2D eigenvalue weighted by Crippen LogP contribution is 2.03. The van der Waals surface area contributed by atoms with Crippen molar-refractivity contribution in [2.45, 2.75) is 6.42 Å². The molecular weight excluding hydrogens is 174 g/mol. The highest BCUT2D eigenvalue weighted by Gasteiger charge is 1.89. The Hall–Kier alpha value is -1.40. The van der Waals surface area contributed by atoms with Gasteiger partial charge in [0.05, 0.1) is 18.2 Å². The van der Waals surface area contributed by atoms with Crippen molar-refractivity contribution in [2.24, 2.45) is 0 Å². The smallest absolute Gasteiger partial charge is 0.151 e. The maximum atomic E-state index is 8.23. The lowest BCUT2D eigenvalue weighted by atomic mass is 10.3. The Morgan fingerprint density at radius 2 is 2.33 bits per heavy atom. The second kappa shape index (κ2) is 4.47. The molecule has 1 aromatic heterocycles. The predicted octanol–water partition coefficient (Wildman–Crippen LogP) is 2.06. The molecule has 0 aliphatic heterocycles. The van der Waals surface area contributed by atoms with E-state index in [-0.39, 0.29) is 0 Å². The second-order valence-electron chi connectivity index (χ2n) is 2.05. The predicted molar refractivity (Wildman–Crippen MR) is 46.3 cm³/mol. The van der Waals surface area contributed by atoms with E-state index >= 15 is 0 Å². The summed E-state index contributed by atoms with van der Waals surface area (Å²) in [6, 6.07) is 5.38. The lowest BCUT2D eigenvalue weighted by Gasteiger charge is -1.89. The van der Waals surface area contributed by atoms with E-state index in [1.807, 2.05) is 6.07 Å². The molecule has 0 fully saturated rings. The fraction of sp³-hybridized carbons (Fsp3) is 0.125. The summed E-state index contributed by atoms with van der Waals surface area (Å²) in [7, 11) is 0. The number of aromatic nitrogens is 2. The molecule has 0 aromatic carbocycles. The van der Waals surface area contributed by atoms with Gasteiger partial charge in [-0.05, 0) is 18.2 Å². The molecule has 0 aliphatic carbocycles. The number of halogens is 1. The number of hydrogen-bond acceptors (Lipinski definition) is 3. The van der Waals surface area contributed by atoms with Gasteiger partial charge in [0.2, 0.25) is 0 Å². The van der Waals surface area contributed by atoms with Crippen LogP contribution in [0.4, 0.5) is 0 Å². The van der Waals surface area contributed by atoms with Crippen molar-refractivity contribution in [1.29, 1.82) is 5.26 Å². The Kier molecular flexibility index (Phi) is 3.24. The first-order valence-electron chi connectivity index (χ1n) is 3.35. The summed E-state index contributed by atoms with van der Waals surface area (Å²) in [5.41, 5.74) is 0.703. The first-order chi connectivity index (χ1) is 5.83. The van der Waals surface area contributed by atoms with Gasteiger partial charge in [-0.2, -0.15) is 5.26 Å². The maximum Gasteiger partial charge on any atom is 0.151 e. The Balaban J connectivity index is 2.66. The van der Waals surface area contributed by atoms with Crippen LogP contribution in [0.25, 0.3) is 6.08 Å². The summed E-state index contributed by atoms with van der Waals surface area (Å²) >= 11 is 5.52. The fourth-order valence-electron chi connectivity index (χ4n) is 0.648. The molecule has 1 heterocycles. The third-order valence-corrected chi connectivity index (χ3v) is 1.35. The lowest BCUT2D eigenvalue weighted by molar-refractivity contribution is 1.02. The van der Waals surface area contributed by atoms with Crippen molar-refractivity contribution >= 4 is 17.7 Å². The average Bonchev–Trinajstić information content (AvgIpc) is 2.09. The molecule has 0 saturated heterocycles. The minimum atomic E-state index is 0.368. The molecule has 12 heavy (non-hydrogen) atoms. The van der Waals surface area contributed by atoms with Gasteiger partial charge >= 0.3 is 0 Å². The molecule has 4 heteroatoms. The van der Waals surface area contributed by atoms with Crippen molar-refractivity contribution in [3.8, 4) is 6.07 Å². The van der Waals surface area contributed by atoms with Crippen LogP contribution in [0.15, 0.2) is 18.2 Å². The topological polar surface area (TPSA) is 49.6 Å². The zero-order valence-electron chi connectivity index (χ0n) is 6.24. The van der Waals surface area contributed by atoms with Crippen LogP contribution in [0.5, 0.6) is 0 Å². The Bertz CT molecular complexity index is 310. The van der Waals surface area contributed by atoms with Crippen molar-refractivity contribution in [3.05, 3.63) is 29.1 Å². The van der Waals surface area contributed by atoms with E-state index in [0.717, 1.165) is 0 Å². The monoisotopic (exact) mass is 179 g/mol. The third kappa shape index (κ3) is 2.69. The third-order valence-electron chi connectivity index (χ3n) is 1.15. The normalized spacial score (nSPS) is 10.0. The molecule has 0 atom stereocenters. The largest absolute Gasteiger partial charge is 0.198 e. The summed E-state index contributed by atoms with van der Waals surface area (Å²) in [5, 5.41) is 16.0. The summed E-state index contributed by atoms with van der Waals surface area (Å²) in [6.07, 6.45) is 3.83. The summed E-state index contributed by atoms with van der Waals surface area (Å²) < 4.78 is 0. The number of rotatable bonds is 2. The molecule has 60 valence electrons. The number of hydrogen-bond donors (Lipinski definition) is 0. The van der Waals surface area contributed by atoms with Crippen molar-refractivity contribution < 1.29 is 0 Å². The van der Waals surface area contributed by atoms with Crippen LogP contribution in [0.3, 0.4) is 0 Å². The Labute approximate surface area is 75.3 Å². The first kappa shape index (κ1) is 8.69. The van der Waals surface area contributed by atoms with E-state index < -0.39 is 0 Å². The molecule has 0 spiro atoms. The van der Waals surface area contributed by atoms with Crippen LogP contribution in [-0.4, -0.2) is 10.2 Å². The summed E-state index contributed by atoms with van der Waals surface area (Å²) in [6.45, 7) is 0. The van der Waals surface area contributed by atoms with Gasteiger partial charge < -0.3 is 0 Å². The highest BCUT2D eigenvalue weighted by molar-refractivity contribution is 6.29. The molecule has 0 radical (unpaired) electrons. The van der Waals surface area contributed by atoms with Crippen molar-refractivity contribution in [3.63, 3.8) is 0 Å². The van der Waals surface area contributed by atoms with Gasteiger partial charge in [0, 0.05) is 0 Å². The fourth-order valence-corrected chi connectivity index (χ4v) is 0.748. The van der Waals surface area contributed by atoms with Gasteiger partial charge in [0.1, 0.15) is 0 Å². The molecule has 0 N–H and O–H groups in total.